The van der Waals surface area contributed by atoms with Gasteiger partial charge in [0, 0.05) is 18.8 Å². The lowest BCUT2D eigenvalue weighted by atomic mass is 9.94. The van der Waals surface area contributed by atoms with E-state index in [9.17, 15) is 9.59 Å². The van der Waals surface area contributed by atoms with Crippen LogP contribution >= 0.6 is 24.8 Å². The highest BCUT2D eigenvalue weighted by Gasteiger charge is 2.25. The van der Waals surface area contributed by atoms with E-state index in [1.54, 1.807) is 29.2 Å². The van der Waals surface area contributed by atoms with Gasteiger partial charge >= 0.3 is 5.97 Å². The average Bonchev–Trinajstić information content (AvgIpc) is 2.66. The summed E-state index contributed by atoms with van der Waals surface area (Å²) in [7, 11) is 0. The Morgan fingerprint density at radius 1 is 1.14 bits per heavy atom. The number of nitrogens with one attached hydrogen (secondary N) is 1. The Hall–Kier alpha value is -1.54. The third-order valence-corrected chi connectivity index (χ3v) is 5.12. The number of hydrogen-bond donors (Lipinski definition) is 2. The minimum atomic E-state index is -1.01. The standard InChI is InChI=1S/C19H27N3O4.2ClH/c23-18-13-21(10-7-15-5-8-20-9-6-15)11-12-22(18)16-1-3-17(4-2-16)26-14-19(24)25;;/h1-4,15,20H,5-14H2,(H,24,25);2*1H. The van der Waals surface area contributed by atoms with Crippen LogP contribution in [0.1, 0.15) is 19.3 Å². The summed E-state index contributed by atoms with van der Waals surface area (Å²) in [6.07, 6.45) is 3.65. The lowest BCUT2D eigenvalue weighted by Crippen LogP contribution is -2.51. The highest BCUT2D eigenvalue weighted by atomic mass is 35.5. The molecule has 0 unspecified atom stereocenters. The number of carboxylic acid groups (broad SMARTS) is 1. The minimum absolute atomic E-state index is 0. The van der Waals surface area contributed by atoms with E-state index >= 15 is 0 Å². The quantitative estimate of drug-likeness (QED) is 0.684. The molecule has 158 valence electrons. The highest BCUT2D eigenvalue weighted by Crippen LogP contribution is 2.22. The lowest BCUT2D eigenvalue weighted by Gasteiger charge is -2.35. The normalized spacial score (nSPS) is 18.1. The number of hydrogen-bond acceptors (Lipinski definition) is 5. The van der Waals surface area contributed by atoms with Gasteiger partial charge in [-0.2, -0.15) is 0 Å². The molecule has 9 heteroatoms. The molecule has 7 nitrogen and oxygen atoms in total. The molecule has 3 rings (SSSR count). The number of piperidine rings is 1. The number of carbonyl (C=O) groups excluding carboxylic acids is 1. The summed E-state index contributed by atoms with van der Waals surface area (Å²) < 4.78 is 5.13. The molecule has 28 heavy (non-hydrogen) atoms. The second-order valence-corrected chi connectivity index (χ2v) is 6.98. The van der Waals surface area contributed by atoms with Crippen LogP contribution in [0.3, 0.4) is 0 Å². The molecule has 2 N–H and O–H groups in total. The van der Waals surface area contributed by atoms with E-state index in [1.807, 2.05) is 0 Å². The van der Waals surface area contributed by atoms with Crippen LogP contribution in [-0.2, 0) is 9.59 Å². The third-order valence-electron chi connectivity index (χ3n) is 5.12. The fourth-order valence-electron chi connectivity index (χ4n) is 3.59. The number of carbonyl (C=O) groups is 2. The topological polar surface area (TPSA) is 82.1 Å². The summed E-state index contributed by atoms with van der Waals surface area (Å²) >= 11 is 0. The van der Waals surface area contributed by atoms with Crippen molar-refractivity contribution in [3.63, 3.8) is 0 Å². The molecule has 1 amide bonds. The summed E-state index contributed by atoms with van der Waals surface area (Å²) in [5.41, 5.74) is 0.829. The van der Waals surface area contributed by atoms with Crippen molar-refractivity contribution in [3.8, 4) is 5.75 Å². The van der Waals surface area contributed by atoms with Crippen molar-refractivity contribution < 1.29 is 19.4 Å². The molecular formula is C19H29Cl2N3O4. The molecule has 1 aromatic rings. The SMILES string of the molecule is Cl.Cl.O=C(O)COc1ccc(N2CCN(CCC3CCNCC3)CC2=O)cc1. The summed E-state index contributed by atoms with van der Waals surface area (Å²) in [5, 5.41) is 12.0. The zero-order valence-corrected chi connectivity index (χ0v) is 17.5. The van der Waals surface area contributed by atoms with E-state index in [1.165, 1.54) is 19.3 Å². The first kappa shape index (κ1) is 24.5. The molecule has 0 aliphatic carbocycles. The van der Waals surface area contributed by atoms with Gasteiger partial charge in [0.25, 0.3) is 0 Å². The molecule has 0 atom stereocenters. The predicted molar refractivity (Wildman–Crippen MR) is 113 cm³/mol. The number of carboxylic acids is 1. The van der Waals surface area contributed by atoms with Crippen LogP contribution in [0.2, 0.25) is 0 Å². The Morgan fingerprint density at radius 3 is 2.43 bits per heavy atom. The lowest BCUT2D eigenvalue weighted by molar-refractivity contribution is -0.139. The summed E-state index contributed by atoms with van der Waals surface area (Å²) in [4.78, 5) is 27.1. The van der Waals surface area contributed by atoms with Crippen LogP contribution in [0.25, 0.3) is 0 Å². The largest absolute Gasteiger partial charge is 0.482 e. The van der Waals surface area contributed by atoms with Crippen LogP contribution in [0.4, 0.5) is 5.69 Å². The number of anilines is 1. The van der Waals surface area contributed by atoms with Gasteiger partial charge in [0.05, 0.1) is 6.54 Å². The minimum Gasteiger partial charge on any atom is -0.482 e. The maximum Gasteiger partial charge on any atom is 0.341 e. The smallest absolute Gasteiger partial charge is 0.341 e. The molecular weight excluding hydrogens is 405 g/mol. The Morgan fingerprint density at radius 2 is 1.82 bits per heavy atom. The van der Waals surface area contributed by atoms with Gasteiger partial charge in [0.2, 0.25) is 5.91 Å². The molecule has 0 aromatic heterocycles. The maximum atomic E-state index is 12.5. The predicted octanol–water partition coefficient (Wildman–Crippen LogP) is 2.03. The van der Waals surface area contributed by atoms with Crippen molar-refractivity contribution in [2.75, 3.05) is 50.8 Å². The molecule has 0 saturated carbocycles. The van der Waals surface area contributed by atoms with Gasteiger partial charge in [0.15, 0.2) is 6.61 Å². The van der Waals surface area contributed by atoms with Gasteiger partial charge in [-0.25, -0.2) is 4.79 Å². The van der Waals surface area contributed by atoms with Gasteiger partial charge in [-0.1, -0.05) is 0 Å². The zero-order chi connectivity index (χ0) is 18.4. The van der Waals surface area contributed by atoms with E-state index in [2.05, 4.69) is 10.2 Å². The molecule has 2 fully saturated rings. The van der Waals surface area contributed by atoms with Crippen molar-refractivity contribution in [3.05, 3.63) is 24.3 Å². The average molecular weight is 434 g/mol. The molecule has 1 aromatic carbocycles. The van der Waals surface area contributed by atoms with Gasteiger partial charge in [0.1, 0.15) is 5.75 Å². The van der Waals surface area contributed by atoms with Crippen molar-refractivity contribution in [2.45, 2.75) is 19.3 Å². The van der Waals surface area contributed by atoms with Crippen LogP contribution in [0.5, 0.6) is 5.75 Å². The number of amides is 1. The van der Waals surface area contributed by atoms with E-state index in [4.69, 9.17) is 9.84 Å². The van der Waals surface area contributed by atoms with Crippen LogP contribution in [-0.4, -0.2) is 67.8 Å². The first-order valence-corrected chi connectivity index (χ1v) is 9.30. The Balaban J connectivity index is 0.00000196. The number of ether oxygens (including phenoxy) is 1. The number of halogens is 2. The molecule has 0 spiro atoms. The summed E-state index contributed by atoms with van der Waals surface area (Å²) in [6, 6.07) is 7.02. The van der Waals surface area contributed by atoms with Gasteiger partial charge < -0.3 is 20.1 Å². The number of aliphatic carboxylic acids is 1. The molecule has 2 heterocycles. The second kappa shape index (κ2) is 12.1. The third kappa shape index (κ3) is 7.13. The Labute approximate surface area is 178 Å². The molecule has 2 aliphatic heterocycles. The van der Waals surface area contributed by atoms with E-state index in [0.29, 0.717) is 18.8 Å². The van der Waals surface area contributed by atoms with E-state index in [-0.39, 0.29) is 37.3 Å². The van der Waals surface area contributed by atoms with Gasteiger partial charge in [-0.05, 0) is 69.1 Å². The van der Waals surface area contributed by atoms with Gasteiger partial charge in [-0.3, -0.25) is 9.69 Å². The maximum absolute atomic E-state index is 12.5. The highest BCUT2D eigenvalue weighted by molar-refractivity contribution is 5.95. The van der Waals surface area contributed by atoms with Crippen molar-refractivity contribution >= 4 is 42.4 Å². The fourth-order valence-corrected chi connectivity index (χ4v) is 3.59. The Bertz CT molecular complexity index is 624. The van der Waals surface area contributed by atoms with Crippen LogP contribution in [0.15, 0.2) is 24.3 Å². The number of rotatable bonds is 7. The number of benzene rings is 1. The summed E-state index contributed by atoms with van der Waals surface area (Å²) in [5.74, 6) is 0.373. The first-order chi connectivity index (χ1) is 12.6. The van der Waals surface area contributed by atoms with Crippen molar-refractivity contribution in [2.24, 2.45) is 5.92 Å². The molecule has 0 bridgehead atoms. The van der Waals surface area contributed by atoms with Crippen molar-refractivity contribution in [1.29, 1.82) is 0 Å². The molecule has 0 radical (unpaired) electrons. The zero-order valence-electron chi connectivity index (χ0n) is 15.8. The summed E-state index contributed by atoms with van der Waals surface area (Å²) in [6.45, 7) is 4.88. The molecule has 2 aliphatic rings. The van der Waals surface area contributed by atoms with Crippen molar-refractivity contribution in [1.82, 2.24) is 10.2 Å². The number of piperazine rings is 1. The molecule has 2 saturated heterocycles. The van der Waals surface area contributed by atoms with E-state index in [0.717, 1.165) is 37.8 Å². The second-order valence-electron chi connectivity index (χ2n) is 6.98. The number of nitrogens with zero attached hydrogens (tertiary/aromatic N) is 2. The fraction of sp³-hybridized carbons (Fsp3) is 0.579. The monoisotopic (exact) mass is 433 g/mol. The van der Waals surface area contributed by atoms with Crippen LogP contribution < -0.4 is 15.0 Å². The van der Waals surface area contributed by atoms with E-state index < -0.39 is 5.97 Å². The first-order valence-electron chi connectivity index (χ1n) is 9.30. The van der Waals surface area contributed by atoms with Crippen LogP contribution in [0, 0.1) is 5.92 Å². The Kier molecular flexibility index (Phi) is 10.6. The van der Waals surface area contributed by atoms with Gasteiger partial charge in [-0.15, -0.1) is 24.8 Å².